The van der Waals surface area contributed by atoms with Gasteiger partial charge in [-0.2, -0.15) is 0 Å². The van der Waals surface area contributed by atoms with E-state index in [9.17, 15) is 4.79 Å². The monoisotopic (exact) mass is 155 g/mol. The zero-order valence-corrected chi connectivity index (χ0v) is 6.72. The second kappa shape index (κ2) is 3.05. The van der Waals surface area contributed by atoms with Crippen molar-refractivity contribution in [3.8, 4) is 0 Å². The summed E-state index contributed by atoms with van der Waals surface area (Å²) >= 11 is 0. The third-order valence-electron chi connectivity index (χ3n) is 2.09. The van der Waals surface area contributed by atoms with Gasteiger partial charge in [0.25, 0.3) is 0 Å². The van der Waals surface area contributed by atoms with E-state index in [4.69, 9.17) is 0 Å². The fraction of sp³-hybridized carbons (Fsp3) is 0.625. The largest absolute Gasteiger partial charge is 0.467 e. The molecule has 1 aliphatic heterocycles. The van der Waals surface area contributed by atoms with Gasteiger partial charge in [0.05, 0.1) is 7.11 Å². The summed E-state index contributed by atoms with van der Waals surface area (Å²) in [6.07, 6.45) is 3.43. The van der Waals surface area contributed by atoms with E-state index in [1.165, 1.54) is 7.11 Å². The van der Waals surface area contributed by atoms with Crippen LogP contribution in [0.5, 0.6) is 0 Å². The van der Waals surface area contributed by atoms with Gasteiger partial charge in [-0.3, -0.25) is 5.32 Å². The van der Waals surface area contributed by atoms with E-state index in [1.54, 1.807) is 6.08 Å². The second-order valence-corrected chi connectivity index (χ2v) is 2.70. The molecule has 0 aliphatic carbocycles. The molecule has 3 nitrogen and oxygen atoms in total. The van der Waals surface area contributed by atoms with Gasteiger partial charge < -0.3 is 4.74 Å². The van der Waals surface area contributed by atoms with Gasteiger partial charge in [0.1, 0.15) is 5.54 Å². The van der Waals surface area contributed by atoms with Crippen molar-refractivity contribution in [3.63, 3.8) is 0 Å². The number of methoxy groups -OCH3 is 1. The average molecular weight is 155 g/mol. The van der Waals surface area contributed by atoms with Crippen LogP contribution in [0.2, 0.25) is 0 Å². The van der Waals surface area contributed by atoms with Crippen LogP contribution in [0.25, 0.3) is 0 Å². The minimum Gasteiger partial charge on any atom is -0.467 e. The quantitative estimate of drug-likeness (QED) is 0.465. The Kier molecular flexibility index (Phi) is 2.29. The maximum Gasteiger partial charge on any atom is 0.330 e. The van der Waals surface area contributed by atoms with Crippen LogP contribution < -0.4 is 5.32 Å². The highest BCUT2D eigenvalue weighted by Gasteiger charge is 2.38. The van der Waals surface area contributed by atoms with Crippen LogP contribution in [0, 0.1) is 0 Å². The van der Waals surface area contributed by atoms with E-state index in [1.807, 2.05) is 0 Å². The van der Waals surface area contributed by atoms with Crippen LogP contribution in [0.4, 0.5) is 0 Å². The number of ether oxygens (including phenoxy) is 1. The Bertz CT molecular complexity index is 171. The number of hydrogen-bond acceptors (Lipinski definition) is 3. The number of rotatable bonds is 2. The van der Waals surface area contributed by atoms with Gasteiger partial charge in [-0.1, -0.05) is 6.08 Å². The lowest BCUT2D eigenvalue weighted by Crippen LogP contribution is -2.46. The van der Waals surface area contributed by atoms with E-state index < -0.39 is 5.54 Å². The average Bonchev–Trinajstić information content (AvgIpc) is 2.52. The first-order valence-electron chi connectivity index (χ1n) is 3.72. The zero-order valence-electron chi connectivity index (χ0n) is 6.72. The molecule has 0 saturated carbocycles. The molecule has 1 aliphatic rings. The third kappa shape index (κ3) is 1.28. The predicted octanol–water partition coefficient (Wildman–Crippen LogP) is 0.468. The topological polar surface area (TPSA) is 38.3 Å². The van der Waals surface area contributed by atoms with Crippen molar-refractivity contribution in [1.82, 2.24) is 5.32 Å². The van der Waals surface area contributed by atoms with Gasteiger partial charge in [-0.15, -0.1) is 6.58 Å². The maximum absolute atomic E-state index is 11.2. The number of carbonyl (C=O) groups excluding carboxylic acids is 1. The van der Waals surface area contributed by atoms with Gasteiger partial charge in [0.2, 0.25) is 0 Å². The molecule has 0 spiro atoms. The van der Waals surface area contributed by atoms with Gasteiger partial charge in [0, 0.05) is 0 Å². The van der Waals surface area contributed by atoms with Gasteiger partial charge >= 0.3 is 5.97 Å². The molecular formula is C8H13NO2. The Morgan fingerprint density at radius 1 is 1.82 bits per heavy atom. The van der Waals surface area contributed by atoms with Crippen molar-refractivity contribution in [2.45, 2.75) is 18.4 Å². The first-order chi connectivity index (χ1) is 5.25. The van der Waals surface area contributed by atoms with Gasteiger partial charge in [-0.25, -0.2) is 4.79 Å². The molecule has 1 heterocycles. The zero-order chi connectivity index (χ0) is 8.32. The number of esters is 1. The Balaban J connectivity index is 2.74. The Morgan fingerprint density at radius 3 is 2.91 bits per heavy atom. The number of hydrogen-bond donors (Lipinski definition) is 1. The minimum absolute atomic E-state index is 0.231. The van der Waals surface area contributed by atoms with Crippen molar-refractivity contribution < 1.29 is 9.53 Å². The van der Waals surface area contributed by atoms with Crippen LogP contribution >= 0.6 is 0 Å². The summed E-state index contributed by atoms with van der Waals surface area (Å²) in [6.45, 7) is 4.48. The molecule has 0 aromatic carbocycles. The smallest absolute Gasteiger partial charge is 0.330 e. The summed E-state index contributed by atoms with van der Waals surface area (Å²) in [5, 5.41) is 3.08. The third-order valence-corrected chi connectivity index (χ3v) is 2.09. The molecule has 1 rings (SSSR count). The molecule has 0 radical (unpaired) electrons. The molecule has 11 heavy (non-hydrogen) atoms. The Hall–Kier alpha value is -0.830. The van der Waals surface area contributed by atoms with Gasteiger partial charge in [0.15, 0.2) is 0 Å². The fourth-order valence-corrected chi connectivity index (χ4v) is 1.38. The summed E-state index contributed by atoms with van der Waals surface area (Å²) in [7, 11) is 1.40. The predicted molar refractivity (Wildman–Crippen MR) is 42.2 cm³/mol. The summed E-state index contributed by atoms with van der Waals surface area (Å²) < 4.78 is 4.66. The van der Waals surface area contributed by atoms with Crippen molar-refractivity contribution >= 4 is 5.97 Å². The molecule has 0 unspecified atom stereocenters. The SMILES string of the molecule is C=C[C@@]1(C(=O)OC)CCCN1. The van der Waals surface area contributed by atoms with Crippen molar-refractivity contribution in [2.75, 3.05) is 13.7 Å². The first kappa shape index (κ1) is 8.27. The standard InChI is InChI=1S/C8H13NO2/c1-3-8(7(10)11-2)5-4-6-9-8/h3,9H,1,4-6H2,2H3/t8-/m0/s1. The summed E-state index contributed by atoms with van der Waals surface area (Å²) in [6, 6.07) is 0. The lowest BCUT2D eigenvalue weighted by Gasteiger charge is -2.21. The van der Waals surface area contributed by atoms with Crippen molar-refractivity contribution in [3.05, 3.63) is 12.7 Å². The molecule has 0 amide bonds. The highest BCUT2D eigenvalue weighted by Crippen LogP contribution is 2.21. The molecular weight excluding hydrogens is 142 g/mol. The van der Waals surface area contributed by atoms with Crippen LogP contribution in [0.3, 0.4) is 0 Å². The molecule has 0 aromatic rings. The molecule has 1 N–H and O–H groups in total. The second-order valence-electron chi connectivity index (χ2n) is 2.70. The lowest BCUT2D eigenvalue weighted by atomic mass is 9.98. The first-order valence-corrected chi connectivity index (χ1v) is 3.72. The summed E-state index contributed by atoms with van der Waals surface area (Å²) in [4.78, 5) is 11.2. The lowest BCUT2D eigenvalue weighted by molar-refractivity contribution is -0.145. The number of carbonyl (C=O) groups is 1. The van der Waals surface area contributed by atoms with E-state index >= 15 is 0 Å². The molecule has 3 heteroatoms. The molecule has 1 saturated heterocycles. The Labute approximate surface area is 66.4 Å². The van der Waals surface area contributed by atoms with Crippen LogP contribution in [-0.4, -0.2) is 25.2 Å². The highest BCUT2D eigenvalue weighted by molar-refractivity contribution is 5.83. The molecule has 0 aromatic heterocycles. The van der Waals surface area contributed by atoms with E-state index in [2.05, 4.69) is 16.6 Å². The van der Waals surface area contributed by atoms with Crippen molar-refractivity contribution in [1.29, 1.82) is 0 Å². The van der Waals surface area contributed by atoms with Crippen molar-refractivity contribution in [2.24, 2.45) is 0 Å². The molecule has 62 valence electrons. The van der Waals surface area contributed by atoms with Crippen LogP contribution in [-0.2, 0) is 9.53 Å². The van der Waals surface area contributed by atoms with Crippen LogP contribution in [0.15, 0.2) is 12.7 Å². The molecule has 1 fully saturated rings. The normalized spacial score (nSPS) is 29.9. The summed E-state index contributed by atoms with van der Waals surface area (Å²) in [5.74, 6) is -0.231. The van der Waals surface area contributed by atoms with E-state index in [-0.39, 0.29) is 5.97 Å². The summed E-state index contributed by atoms with van der Waals surface area (Å²) in [5.41, 5.74) is -0.602. The maximum atomic E-state index is 11.2. The van der Waals surface area contributed by atoms with E-state index in [0.29, 0.717) is 0 Å². The van der Waals surface area contributed by atoms with Crippen LogP contribution in [0.1, 0.15) is 12.8 Å². The Morgan fingerprint density at radius 2 is 2.55 bits per heavy atom. The number of nitrogens with one attached hydrogen (secondary N) is 1. The minimum atomic E-state index is -0.602. The van der Waals surface area contributed by atoms with Gasteiger partial charge in [-0.05, 0) is 19.4 Å². The molecule has 1 atom stereocenters. The highest BCUT2D eigenvalue weighted by atomic mass is 16.5. The molecule has 0 bridgehead atoms. The van der Waals surface area contributed by atoms with E-state index in [0.717, 1.165) is 19.4 Å². The fourth-order valence-electron chi connectivity index (χ4n) is 1.38.